The quantitative estimate of drug-likeness (QED) is 0.651. The number of aromatic nitrogens is 4. The number of nitrogens with zero attached hydrogens (tertiary/aromatic N) is 4. The second kappa shape index (κ2) is 8.02. The van der Waals surface area contributed by atoms with Crippen LogP contribution in [0.2, 0.25) is 0 Å². The van der Waals surface area contributed by atoms with Crippen LogP contribution in [0.15, 0.2) is 48.8 Å². The Kier molecular flexibility index (Phi) is 5.33. The van der Waals surface area contributed by atoms with Gasteiger partial charge in [0.1, 0.15) is 0 Å². The molecule has 0 aliphatic heterocycles. The molecule has 0 radical (unpaired) electrons. The number of carbonyl (C=O) groups is 1. The van der Waals surface area contributed by atoms with Gasteiger partial charge in [0.15, 0.2) is 12.4 Å². The summed E-state index contributed by atoms with van der Waals surface area (Å²) in [6.45, 7) is 1.95. The maximum atomic E-state index is 12.0. The third-order valence-electron chi connectivity index (χ3n) is 3.59. The molecule has 0 atom stereocenters. The summed E-state index contributed by atoms with van der Waals surface area (Å²) >= 11 is 0. The fourth-order valence-corrected chi connectivity index (χ4v) is 2.33. The summed E-state index contributed by atoms with van der Waals surface area (Å²) in [6.07, 6.45) is 3.90. The lowest BCUT2D eigenvalue weighted by atomic mass is 10.1. The van der Waals surface area contributed by atoms with Crippen molar-refractivity contribution in [2.45, 2.75) is 20.0 Å². The van der Waals surface area contributed by atoms with Gasteiger partial charge in [-0.1, -0.05) is 25.1 Å². The van der Waals surface area contributed by atoms with Crippen molar-refractivity contribution < 1.29 is 9.53 Å². The van der Waals surface area contributed by atoms with Gasteiger partial charge in [-0.15, -0.1) is 0 Å². The summed E-state index contributed by atoms with van der Waals surface area (Å²) in [5, 5.41) is 3.13. The van der Waals surface area contributed by atoms with E-state index in [2.05, 4.69) is 32.2 Å². The zero-order valence-corrected chi connectivity index (χ0v) is 14.2. The fourth-order valence-electron chi connectivity index (χ4n) is 2.33. The van der Waals surface area contributed by atoms with E-state index in [1.54, 1.807) is 12.1 Å². The molecule has 0 fully saturated rings. The second-order valence-corrected chi connectivity index (χ2v) is 5.38. The molecule has 0 unspecified atom stereocenters. The number of esters is 1. The lowest BCUT2D eigenvalue weighted by Gasteiger charge is -2.11. The summed E-state index contributed by atoms with van der Waals surface area (Å²) in [5.74, 6) is 0.119. The van der Waals surface area contributed by atoms with Gasteiger partial charge in [-0.05, 0) is 30.2 Å². The maximum Gasteiger partial charge on any atom is 0.338 e. The van der Waals surface area contributed by atoms with Crippen LogP contribution in [0.5, 0.6) is 0 Å². The number of ether oxygens (including phenoxy) is 1. The molecule has 2 heterocycles. The highest BCUT2D eigenvalue weighted by Gasteiger charge is 2.11. The molecule has 2 aromatic heterocycles. The molecule has 0 aliphatic carbocycles. The van der Waals surface area contributed by atoms with Crippen LogP contribution in [0.25, 0.3) is 0 Å². The molecule has 0 aliphatic rings. The van der Waals surface area contributed by atoms with Crippen LogP contribution >= 0.6 is 0 Å². The minimum atomic E-state index is -0.489. The van der Waals surface area contributed by atoms with E-state index in [1.807, 2.05) is 24.3 Å². The third-order valence-corrected chi connectivity index (χ3v) is 3.59. The van der Waals surface area contributed by atoms with Crippen LogP contribution in [0.1, 0.15) is 28.7 Å². The van der Waals surface area contributed by atoms with Crippen molar-refractivity contribution in [1.82, 2.24) is 19.9 Å². The molecule has 0 spiro atoms. The number of nitrogen functional groups attached to an aromatic ring is 1. The van der Waals surface area contributed by atoms with E-state index in [0.717, 1.165) is 17.7 Å². The molecule has 3 N–H and O–H groups in total. The van der Waals surface area contributed by atoms with Gasteiger partial charge in [-0.25, -0.2) is 4.79 Å². The van der Waals surface area contributed by atoms with E-state index in [0.29, 0.717) is 11.5 Å². The molecule has 8 nitrogen and oxygen atoms in total. The predicted octanol–water partition coefficient (Wildman–Crippen LogP) is 2.51. The number of anilines is 3. The third kappa shape index (κ3) is 4.29. The maximum absolute atomic E-state index is 12.0. The first kappa shape index (κ1) is 17.3. The first-order valence-corrected chi connectivity index (χ1v) is 8.08. The molecule has 3 aromatic rings. The van der Waals surface area contributed by atoms with Crippen LogP contribution in [-0.4, -0.2) is 25.9 Å². The van der Waals surface area contributed by atoms with Gasteiger partial charge in [0.25, 0.3) is 0 Å². The number of rotatable bonds is 6. The molecule has 0 bridgehead atoms. The summed E-state index contributed by atoms with van der Waals surface area (Å²) in [5.41, 5.74) is 8.16. The molecule has 26 heavy (non-hydrogen) atoms. The number of nitrogens with two attached hydrogens (primary N) is 1. The topological polar surface area (TPSA) is 116 Å². The molecule has 0 amide bonds. The van der Waals surface area contributed by atoms with Crippen LogP contribution in [0, 0.1) is 0 Å². The van der Waals surface area contributed by atoms with E-state index in [-0.39, 0.29) is 18.4 Å². The average Bonchev–Trinajstić information content (AvgIpc) is 2.67. The molecule has 8 heteroatoms. The molecular weight excluding hydrogens is 332 g/mol. The molecule has 0 saturated carbocycles. The number of aryl methyl sites for hydroxylation is 1. The Labute approximate surface area is 150 Å². The monoisotopic (exact) mass is 350 g/mol. The number of hydrogen-bond acceptors (Lipinski definition) is 8. The molecular formula is C18H18N6O2. The summed E-state index contributed by atoms with van der Waals surface area (Å²) < 4.78 is 5.22. The van der Waals surface area contributed by atoms with Crippen LogP contribution in [0.4, 0.5) is 17.6 Å². The van der Waals surface area contributed by atoms with Crippen molar-refractivity contribution in [3.8, 4) is 0 Å². The largest absolute Gasteiger partial charge is 0.454 e. The van der Waals surface area contributed by atoms with Crippen molar-refractivity contribution in [2.24, 2.45) is 0 Å². The SMILES string of the molecule is CCc1ccccc1Nc1nc(N)nc(COC(=O)c2ccncc2)n1. The number of pyridine rings is 1. The number of para-hydroxylation sites is 1. The van der Waals surface area contributed by atoms with E-state index < -0.39 is 5.97 Å². The molecule has 0 saturated heterocycles. The van der Waals surface area contributed by atoms with Crippen molar-refractivity contribution in [3.63, 3.8) is 0 Å². The lowest BCUT2D eigenvalue weighted by molar-refractivity contribution is 0.0462. The smallest absolute Gasteiger partial charge is 0.338 e. The summed E-state index contributed by atoms with van der Waals surface area (Å²) in [4.78, 5) is 28.2. The van der Waals surface area contributed by atoms with Crippen molar-refractivity contribution >= 4 is 23.6 Å². The average molecular weight is 350 g/mol. The number of benzene rings is 1. The summed E-state index contributed by atoms with van der Waals surface area (Å²) in [6, 6.07) is 11.0. The van der Waals surface area contributed by atoms with Gasteiger partial charge in [-0.2, -0.15) is 15.0 Å². The Morgan fingerprint density at radius 2 is 1.88 bits per heavy atom. The van der Waals surface area contributed by atoms with Crippen LogP contribution in [-0.2, 0) is 17.8 Å². The highest BCUT2D eigenvalue weighted by atomic mass is 16.5. The fraction of sp³-hybridized carbons (Fsp3) is 0.167. The normalized spacial score (nSPS) is 10.3. The highest BCUT2D eigenvalue weighted by molar-refractivity contribution is 5.89. The zero-order chi connectivity index (χ0) is 18.4. The van der Waals surface area contributed by atoms with Crippen molar-refractivity contribution in [2.75, 3.05) is 11.1 Å². The minimum absolute atomic E-state index is 0.0476. The molecule has 1 aromatic carbocycles. The first-order chi connectivity index (χ1) is 12.7. The van der Waals surface area contributed by atoms with Gasteiger partial charge >= 0.3 is 5.97 Å². The Balaban J connectivity index is 1.72. The van der Waals surface area contributed by atoms with Gasteiger partial charge in [0.05, 0.1) is 5.56 Å². The molecule has 3 rings (SSSR count). The van der Waals surface area contributed by atoms with Gasteiger partial charge < -0.3 is 15.8 Å². The molecule has 132 valence electrons. The van der Waals surface area contributed by atoms with Crippen molar-refractivity contribution in [1.29, 1.82) is 0 Å². The zero-order valence-electron chi connectivity index (χ0n) is 14.2. The second-order valence-electron chi connectivity index (χ2n) is 5.38. The number of nitrogens with one attached hydrogen (secondary N) is 1. The van der Waals surface area contributed by atoms with E-state index in [1.165, 1.54) is 12.4 Å². The van der Waals surface area contributed by atoms with Gasteiger partial charge in [-0.3, -0.25) is 4.98 Å². The minimum Gasteiger partial charge on any atom is -0.454 e. The Hall–Kier alpha value is -3.55. The van der Waals surface area contributed by atoms with Crippen LogP contribution < -0.4 is 11.1 Å². The van der Waals surface area contributed by atoms with Crippen molar-refractivity contribution in [3.05, 3.63) is 65.7 Å². The lowest BCUT2D eigenvalue weighted by Crippen LogP contribution is -2.11. The van der Waals surface area contributed by atoms with Gasteiger partial charge in [0, 0.05) is 18.1 Å². The van der Waals surface area contributed by atoms with E-state index in [4.69, 9.17) is 10.5 Å². The Morgan fingerprint density at radius 3 is 2.65 bits per heavy atom. The summed E-state index contributed by atoms with van der Waals surface area (Å²) in [7, 11) is 0. The first-order valence-electron chi connectivity index (χ1n) is 8.08. The number of carbonyl (C=O) groups excluding carboxylic acids is 1. The Morgan fingerprint density at radius 1 is 1.12 bits per heavy atom. The highest BCUT2D eigenvalue weighted by Crippen LogP contribution is 2.19. The van der Waals surface area contributed by atoms with E-state index in [9.17, 15) is 4.79 Å². The number of hydrogen-bond donors (Lipinski definition) is 2. The van der Waals surface area contributed by atoms with E-state index >= 15 is 0 Å². The van der Waals surface area contributed by atoms with Gasteiger partial charge in [0.2, 0.25) is 11.9 Å². The van der Waals surface area contributed by atoms with Crippen LogP contribution in [0.3, 0.4) is 0 Å². The predicted molar refractivity (Wildman–Crippen MR) is 96.7 cm³/mol. The standard InChI is InChI=1S/C18H18N6O2/c1-2-12-5-3-4-6-14(12)21-18-23-15(22-17(19)24-18)11-26-16(25)13-7-9-20-10-8-13/h3-10H,2,11H2,1H3,(H3,19,21,22,23,24). The Bertz CT molecular complexity index is 901.